The highest BCUT2D eigenvalue weighted by Gasteiger charge is 2.41. The van der Waals surface area contributed by atoms with Gasteiger partial charge in [0.2, 0.25) is 11.6 Å². The molecule has 406 valence electrons. The summed E-state index contributed by atoms with van der Waals surface area (Å²) in [6, 6.07) is 34.6. The molecule has 0 saturated heterocycles. The van der Waals surface area contributed by atoms with E-state index in [4.69, 9.17) is 14.2 Å². The number of aryl methyl sites for hydroxylation is 1. The lowest BCUT2D eigenvalue weighted by Crippen LogP contribution is -2.24. The summed E-state index contributed by atoms with van der Waals surface area (Å²) in [5.41, 5.74) is 4.83. The molecule has 0 heterocycles. The molecule has 77 heavy (non-hydrogen) atoms. The number of phenolic OH excluding ortho intramolecular Hbond substituents is 2. The van der Waals surface area contributed by atoms with Crippen molar-refractivity contribution in [2.24, 2.45) is 11.8 Å². The van der Waals surface area contributed by atoms with Crippen molar-refractivity contribution in [1.29, 1.82) is 0 Å². The SMILES string of the molecule is CCCCCCOc1ccc(Nc2cc(Oc3ccc(C4CCC(CCCC)CC4)cc3)c(O)c3c2C(=O)c2c(O)c(Oc4ccc(C5CCC(CCCC)CC5)cc4)cc(Nc4ccc(CCCC)cc4)c2C3=O)cc1. The predicted molar refractivity (Wildman–Crippen MR) is 312 cm³/mol. The molecule has 0 atom stereocenters. The third kappa shape index (κ3) is 13.5. The number of carbonyl (C=O) groups excluding carboxylic acids is 2. The van der Waals surface area contributed by atoms with Crippen molar-refractivity contribution in [2.75, 3.05) is 17.2 Å². The first-order chi connectivity index (χ1) is 37.6. The minimum atomic E-state index is -0.662. The Labute approximate surface area is 458 Å². The second-order valence-electron chi connectivity index (χ2n) is 22.2. The van der Waals surface area contributed by atoms with E-state index in [-0.39, 0.29) is 45.1 Å². The predicted octanol–water partition coefficient (Wildman–Crippen LogP) is 19.2. The quantitative estimate of drug-likeness (QED) is 0.0327. The lowest BCUT2D eigenvalue weighted by atomic mass is 9.77. The van der Waals surface area contributed by atoms with Crippen LogP contribution in [-0.4, -0.2) is 28.4 Å². The molecular weight excluding hydrogens is 957 g/mol. The molecule has 0 unspecified atom stereocenters. The first kappa shape index (κ1) is 55.0. The molecule has 0 bridgehead atoms. The number of aromatic hydroxyl groups is 2. The molecule has 0 aromatic heterocycles. The zero-order valence-electron chi connectivity index (χ0n) is 46.2. The molecule has 3 aliphatic carbocycles. The topological polar surface area (TPSA) is 126 Å². The highest BCUT2D eigenvalue weighted by Crippen LogP contribution is 2.51. The number of nitrogens with one attached hydrogen (secondary N) is 2. The Morgan fingerprint density at radius 3 is 1.30 bits per heavy atom. The second kappa shape index (κ2) is 26.5. The number of ketones is 2. The van der Waals surface area contributed by atoms with E-state index < -0.39 is 23.1 Å². The smallest absolute Gasteiger partial charge is 0.200 e. The van der Waals surface area contributed by atoms with Gasteiger partial charge < -0.3 is 35.1 Å². The first-order valence-electron chi connectivity index (χ1n) is 29.4. The lowest BCUT2D eigenvalue weighted by molar-refractivity contribution is 0.0974. The summed E-state index contributed by atoms with van der Waals surface area (Å²) in [7, 11) is 0. The number of carbonyl (C=O) groups is 2. The van der Waals surface area contributed by atoms with Crippen LogP contribution in [0.2, 0.25) is 0 Å². The van der Waals surface area contributed by atoms with E-state index in [9.17, 15) is 10.2 Å². The van der Waals surface area contributed by atoms with E-state index in [0.717, 1.165) is 69.6 Å². The number of ether oxygens (including phenoxy) is 3. The number of anilines is 4. The Morgan fingerprint density at radius 2 is 0.870 bits per heavy atom. The molecule has 0 radical (unpaired) electrons. The van der Waals surface area contributed by atoms with Crippen molar-refractivity contribution in [3.63, 3.8) is 0 Å². The van der Waals surface area contributed by atoms with Crippen LogP contribution in [0.5, 0.6) is 40.2 Å². The van der Waals surface area contributed by atoms with E-state index in [0.29, 0.717) is 47.1 Å². The van der Waals surface area contributed by atoms with Gasteiger partial charge in [0.25, 0.3) is 0 Å². The Bertz CT molecular complexity index is 2900. The molecule has 2 fully saturated rings. The minimum Gasteiger partial charge on any atom is -0.504 e. The van der Waals surface area contributed by atoms with Crippen molar-refractivity contribution in [1.82, 2.24) is 0 Å². The van der Waals surface area contributed by atoms with E-state index in [1.165, 1.54) is 93.7 Å². The zero-order valence-corrected chi connectivity index (χ0v) is 46.2. The Morgan fingerprint density at radius 1 is 0.455 bits per heavy atom. The molecule has 2 saturated carbocycles. The summed E-state index contributed by atoms with van der Waals surface area (Å²) in [6.45, 7) is 9.48. The van der Waals surface area contributed by atoms with Crippen LogP contribution in [0.4, 0.5) is 22.7 Å². The van der Waals surface area contributed by atoms with E-state index in [1.807, 2.05) is 60.7 Å². The van der Waals surface area contributed by atoms with Crippen LogP contribution in [0, 0.1) is 11.8 Å². The Hall–Kier alpha value is -6.74. The number of hydrogen-bond donors (Lipinski definition) is 4. The van der Waals surface area contributed by atoms with Crippen molar-refractivity contribution in [2.45, 2.75) is 174 Å². The van der Waals surface area contributed by atoms with Gasteiger partial charge in [-0.05, 0) is 172 Å². The molecule has 6 aromatic rings. The highest BCUT2D eigenvalue weighted by molar-refractivity contribution is 6.34. The van der Waals surface area contributed by atoms with Gasteiger partial charge in [0, 0.05) is 23.5 Å². The molecule has 6 aromatic carbocycles. The molecule has 4 N–H and O–H groups in total. The Balaban J connectivity index is 1.06. The van der Waals surface area contributed by atoms with Gasteiger partial charge >= 0.3 is 0 Å². The van der Waals surface area contributed by atoms with Crippen LogP contribution in [0.3, 0.4) is 0 Å². The van der Waals surface area contributed by atoms with Crippen LogP contribution >= 0.6 is 0 Å². The summed E-state index contributed by atoms with van der Waals surface area (Å²) in [5.74, 6) is 2.01. The first-order valence-corrected chi connectivity index (χ1v) is 29.4. The van der Waals surface area contributed by atoms with Gasteiger partial charge in [-0.25, -0.2) is 0 Å². The molecule has 3 aliphatic rings. The molecule has 9 heteroatoms. The molecule has 9 nitrogen and oxygen atoms in total. The second-order valence-corrected chi connectivity index (χ2v) is 22.2. The van der Waals surface area contributed by atoms with E-state index >= 15 is 9.59 Å². The van der Waals surface area contributed by atoms with Crippen LogP contribution < -0.4 is 24.8 Å². The van der Waals surface area contributed by atoms with Gasteiger partial charge in [-0.2, -0.15) is 0 Å². The fourth-order valence-corrected chi connectivity index (χ4v) is 12.0. The number of hydrogen-bond acceptors (Lipinski definition) is 9. The van der Waals surface area contributed by atoms with Gasteiger partial charge in [0.15, 0.2) is 23.0 Å². The van der Waals surface area contributed by atoms with E-state index in [2.05, 4.69) is 74.7 Å². The van der Waals surface area contributed by atoms with Gasteiger partial charge in [-0.3, -0.25) is 9.59 Å². The van der Waals surface area contributed by atoms with Gasteiger partial charge in [0.1, 0.15) is 17.2 Å². The monoisotopic (exact) mass is 1040 g/mol. The van der Waals surface area contributed by atoms with Crippen molar-refractivity contribution in [3.05, 3.63) is 148 Å². The maximum absolute atomic E-state index is 15.5. The summed E-state index contributed by atoms with van der Waals surface area (Å²) < 4.78 is 19.1. The number of phenols is 2. The standard InChI is InChI=1S/C68H82N2O7/c1-5-9-13-14-42-75-54-40-34-53(35-41-54)70-58-44-60(77-56-38-30-51(31-39-56)49-26-20-46(21-27-49)16-11-7-3)66(72)64-62(58)68(74)63-61(67(64)73)57(69-52-32-22-47(23-33-52)17-12-8-4)43-59(65(63)71)76-55-36-28-50(29-37-55)48-24-18-45(19-25-48)15-10-6-2/h22-23,28-41,43-46,48-49,69-72H,5-21,24-27,42H2,1-4H3. The van der Waals surface area contributed by atoms with Crippen molar-refractivity contribution in [3.8, 4) is 40.2 Å². The molecule has 0 aliphatic heterocycles. The fourth-order valence-electron chi connectivity index (χ4n) is 12.0. The van der Waals surface area contributed by atoms with Crippen molar-refractivity contribution < 1.29 is 34.0 Å². The summed E-state index contributed by atoms with van der Waals surface area (Å²) in [6.07, 6.45) is 24.8. The maximum atomic E-state index is 15.5. The summed E-state index contributed by atoms with van der Waals surface area (Å²) in [4.78, 5) is 30.9. The van der Waals surface area contributed by atoms with Crippen molar-refractivity contribution >= 4 is 34.3 Å². The van der Waals surface area contributed by atoms with Crippen LogP contribution in [0.25, 0.3) is 0 Å². The van der Waals surface area contributed by atoms with Gasteiger partial charge in [-0.15, -0.1) is 0 Å². The molecule has 0 amide bonds. The van der Waals surface area contributed by atoms with Crippen LogP contribution in [0.15, 0.2) is 109 Å². The number of benzene rings is 6. The lowest BCUT2D eigenvalue weighted by Gasteiger charge is -2.29. The summed E-state index contributed by atoms with van der Waals surface area (Å²) in [5, 5.41) is 31.5. The minimum absolute atomic E-state index is 0.00130. The number of rotatable bonds is 25. The third-order valence-corrected chi connectivity index (χ3v) is 16.7. The average molecular weight is 1040 g/mol. The normalized spacial score (nSPS) is 18.1. The Kier molecular flexibility index (Phi) is 19.0. The average Bonchev–Trinajstić information content (AvgIpc) is 3.59. The maximum Gasteiger partial charge on any atom is 0.200 e. The fraction of sp³-hybridized carbons (Fsp3) is 0.441. The zero-order chi connectivity index (χ0) is 53.7. The van der Waals surface area contributed by atoms with Gasteiger partial charge in [-0.1, -0.05) is 128 Å². The van der Waals surface area contributed by atoms with Crippen LogP contribution in [0.1, 0.15) is 216 Å². The number of unbranched alkanes of at least 4 members (excludes halogenated alkanes) is 6. The highest BCUT2D eigenvalue weighted by atomic mass is 16.5. The van der Waals surface area contributed by atoms with Crippen LogP contribution in [-0.2, 0) is 6.42 Å². The van der Waals surface area contributed by atoms with E-state index in [1.54, 1.807) is 12.1 Å². The molecular formula is C68H82N2O7. The number of fused-ring (bicyclic) bond motifs is 2. The summed E-state index contributed by atoms with van der Waals surface area (Å²) >= 11 is 0. The largest absolute Gasteiger partial charge is 0.504 e. The van der Waals surface area contributed by atoms with Gasteiger partial charge in [0.05, 0.1) is 40.2 Å². The molecule has 9 rings (SSSR count). The third-order valence-electron chi connectivity index (χ3n) is 16.7. The molecule has 0 spiro atoms.